The van der Waals surface area contributed by atoms with Crippen LogP contribution in [0.5, 0.6) is 11.5 Å². The van der Waals surface area contributed by atoms with Crippen LogP contribution in [-0.2, 0) is 20.0 Å². The smallest absolute Gasteiger partial charge is 0.339 e. The maximum absolute atomic E-state index is 12.1. The van der Waals surface area contributed by atoms with Gasteiger partial charge in [0, 0.05) is 17.4 Å². The second kappa shape index (κ2) is 12.9. The molecule has 0 aliphatic heterocycles. The third kappa shape index (κ3) is 8.10. The molecule has 0 aliphatic carbocycles. The molecule has 9 N–H and O–H groups in total. The van der Waals surface area contributed by atoms with Crippen molar-refractivity contribution in [1.29, 1.82) is 0 Å². The lowest BCUT2D eigenvalue weighted by molar-refractivity contribution is 0.0681. The van der Waals surface area contributed by atoms with Gasteiger partial charge in [-0.2, -0.15) is 0 Å². The van der Waals surface area contributed by atoms with E-state index in [1.165, 1.54) is 78.9 Å². The topological polar surface area (TPSA) is 248 Å². The maximum atomic E-state index is 12.1. The van der Waals surface area contributed by atoms with Crippen LogP contribution in [0.4, 0.5) is 17.1 Å². The minimum Gasteiger partial charge on any atom is -0.507 e. The fraction of sp³-hybridized carbons (Fsp3) is 0. The van der Waals surface area contributed by atoms with Gasteiger partial charge in [-0.3, -0.25) is 4.72 Å². The zero-order chi connectivity index (χ0) is 31.1. The lowest BCUT2D eigenvalue weighted by Crippen LogP contribution is -2.28. The van der Waals surface area contributed by atoms with E-state index in [-0.39, 0.29) is 32.4 Å². The highest BCUT2D eigenvalue weighted by atomic mass is 32.2. The van der Waals surface area contributed by atoms with E-state index in [1.54, 1.807) is 0 Å². The Morgan fingerprint density at radius 2 is 1.17 bits per heavy atom. The van der Waals surface area contributed by atoms with Gasteiger partial charge in [0.05, 0.1) is 15.5 Å². The Kier molecular flexibility index (Phi) is 9.58. The number of hydrogen-bond acceptors (Lipinski definition) is 10. The fourth-order valence-electron chi connectivity index (χ4n) is 3.16. The Morgan fingerprint density at radius 3 is 1.67 bits per heavy atom. The first-order valence-corrected chi connectivity index (χ1v) is 14.5. The van der Waals surface area contributed by atoms with Crippen molar-refractivity contribution in [1.82, 2.24) is 4.89 Å². The molecule has 4 aromatic rings. The van der Waals surface area contributed by atoms with Crippen molar-refractivity contribution >= 4 is 49.0 Å². The van der Waals surface area contributed by atoms with Crippen LogP contribution in [0.2, 0.25) is 0 Å². The molecule has 0 saturated carbocycles. The van der Waals surface area contributed by atoms with Crippen LogP contribution in [0, 0.1) is 0 Å². The predicted octanol–water partition coefficient (Wildman–Crippen LogP) is 2.71. The zero-order valence-corrected chi connectivity index (χ0v) is 23.0. The van der Waals surface area contributed by atoms with E-state index >= 15 is 0 Å². The van der Waals surface area contributed by atoms with Crippen molar-refractivity contribution in [2.24, 2.45) is 0 Å². The molecule has 0 unspecified atom stereocenters. The highest BCUT2D eigenvalue weighted by Crippen LogP contribution is 2.24. The zero-order valence-electron chi connectivity index (χ0n) is 21.3. The number of phenols is 1. The van der Waals surface area contributed by atoms with E-state index in [0.29, 0.717) is 11.4 Å². The quantitative estimate of drug-likeness (QED) is 0.106. The largest absolute Gasteiger partial charge is 0.507 e. The van der Waals surface area contributed by atoms with Gasteiger partial charge in [-0.25, -0.2) is 26.4 Å². The second-order valence-corrected chi connectivity index (χ2v) is 11.6. The summed E-state index contributed by atoms with van der Waals surface area (Å²) in [7, 11) is -7.78. The average Bonchev–Trinajstić information content (AvgIpc) is 2.92. The fourth-order valence-corrected chi connectivity index (χ4v) is 5.00. The van der Waals surface area contributed by atoms with Crippen LogP contribution < -0.4 is 25.9 Å². The van der Waals surface area contributed by atoms with E-state index in [9.17, 15) is 31.5 Å². The standard InChI is InChI=1S/2C13H12N2O5S/c14-8-1-4-10(5-2-8)21(19,20)15-9-3-6-11(13(17)18)12(16)7-9;14-9-5-7-10(8-6-9)21(18,19)15-20-12-4-2-1-3-11(12)13(16)17/h1-7,15-16H,14H2,(H,17,18);1-8,15H,14H2,(H,16,17). The number of carboxylic acids is 2. The summed E-state index contributed by atoms with van der Waals surface area (Å²) >= 11 is 0. The summed E-state index contributed by atoms with van der Waals surface area (Å²) < 4.78 is 50.4. The molecule has 0 aromatic heterocycles. The molecule has 0 aliphatic rings. The highest BCUT2D eigenvalue weighted by molar-refractivity contribution is 7.92. The molecular formula is C26H24N4O10S2. The Labute approximate surface area is 239 Å². The van der Waals surface area contributed by atoms with Gasteiger partial charge < -0.3 is 31.6 Å². The van der Waals surface area contributed by atoms with Crippen molar-refractivity contribution in [2.75, 3.05) is 16.2 Å². The Morgan fingerprint density at radius 1 is 0.667 bits per heavy atom. The first-order chi connectivity index (χ1) is 19.7. The number of nitrogen functional groups attached to an aromatic ring is 2. The molecule has 0 bridgehead atoms. The number of para-hydroxylation sites is 1. The van der Waals surface area contributed by atoms with Crippen molar-refractivity contribution < 1.29 is 46.6 Å². The van der Waals surface area contributed by atoms with E-state index in [1.807, 2.05) is 4.89 Å². The first-order valence-electron chi connectivity index (χ1n) is 11.5. The van der Waals surface area contributed by atoms with E-state index < -0.39 is 37.7 Å². The summed E-state index contributed by atoms with van der Waals surface area (Å²) in [4.78, 5) is 28.5. The van der Waals surface area contributed by atoms with Gasteiger partial charge in [-0.15, -0.1) is 0 Å². The van der Waals surface area contributed by atoms with Gasteiger partial charge >= 0.3 is 11.9 Å². The number of nitrogens with one attached hydrogen (secondary N) is 2. The summed E-state index contributed by atoms with van der Waals surface area (Å²) in [5, 5.41) is 27.3. The minimum absolute atomic E-state index is 0.00139. The third-order valence-electron chi connectivity index (χ3n) is 5.24. The summed E-state index contributed by atoms with van der Waals surface area (Å²) in [5.41, 5.74) is 11.4. The lowest BCUT2D eigenvalue weighted by Gasteiger charge is -2.10. The van der Waals surface area contributed by atoms with Gasteiger partial charge in [0.25, 0.3) is 20.0 Å². The van der Waals surface area contributed by atoms with Gasteiger partial charge in [0.2, 0.25) is 0 Å². The Bertz CT molecular complexity index is 1810. The summed E-state index contributed by atoms with van der Waals surface area (Å²) in [6.07, 6.45) is 0. The number of aromatic hydroxyl groups is 1. The van der Waals surface area contributed by atoms with E-state index in [4.69, 9.17) is 26.5 Å². The molecule has 16 heteroatoms. The lowest BCUT2D eigenvalue weighted by atomic mass is 10.2. The summed E-state index contributed by atoms with van der Waals surface area (Å²) in [5.74, 6) is -3.17. The molecule has 0 heterocycles. The van der Waals surface area contributed by atoms with Crippen molar-refractivity contribution in [2.45, 2.75) is 9.79 Å². The van der Waals surface area contributed by atoms with E-state index in [0.717, 1.165) is 12.1 Å². The number of carboxylic acid groups (broad SMARTS) is 2. The number of nitrogens with two attached hydrogens (primary N) is 2. The van der Waals surface area contributed by atoms with Gasteiger partial charge in [-0.1, -0.05) is 12.1 Å². The van der Waals surface area contributed by atoms with Crippen LogP contribution in [0.3, 0.4) is 0 Å². The summed E-state index contributed by atoms with van der Waals surface area (Å²) in [6, 6.07) is 20.1. The van der Waals surface area contributed by atoms with Crippen molar-refractivity contribution in [3.8, 4) is 11.5 Å². The molecule has 0 spiro atoms. The summed E-state index contributed by atoms with van der Waals surface area (Å²) in [6.45, 7) is 0. The Hall–Kier alpha value is -5.32. The van der Waals surface area contributed by atoms with Crippen molar-refractivity contribution in [3.63, 3.8) is 0 Å². The maximum Gasteiger partial charge on any atom is 0.339 e. The van der Waals surface area contributed by atoms with Crippen molar-refractivity contribution in [3.05, 3.63) is 102 Å². The number of rotatable bonds is 9. The number of anilines is 3. The highest BCUT2D eigenvalue weighted by Gasteiger charge is 2.18. The minimum atomic E-state index is -3.94. The number of sulfonamides is 2. The van der Waals surface area contributed by atoms with Crippen LogP contribution in [0.1, 0.15) is 20.7 Å². The van der Waals surface area contributed by atoms with Gasteiger partial charge in [0.1, 0.15) is 16.9 Å². The third-order valence-corrected chi connectivity index (χ3v) is 7.83. The first kappa shape index (κ1) is 31.2. The van der Waals surface area contributed by atoms with Crippen LogP contribution in [-0.4, -0.2) is 44.1 Å². The number of aromatic carboxylic acids is 2. The van der Waals surface area contributed by atoms with Gasteiger partial charge in [-0.05, 0) is 77.7 Å². The van der Waals surface area contributed by atoms with Crippen LogP contribution >= 0.6 is 0 Å². The van der Waals surface area contributed by atoms with Crippen LogP contribution in [0.15, 0.2) is 101 Å². The molecule has 0 atom stereocenters. The SMILES string of the molecule is Nc1ccc(S(=O)(=O)NOc2ccccc2C(=O)O)cc1.Nc1ccc(S(=O)(=O)Nc2ccc(C(=O)O)c(O)c2)cc1. The molecule has 4 rings (SSSR count). The Balaban J connectivity index is 0.000000230. The molecule has 0 fully saturated rings. The van der Waals surface area contributed by atoms with E-state index in [2.05, 4.69) is 4.72 Å². The predicted molar refractivity (Wildman–Crippen MR) is 152 cm³/mol. The molecular weight excluding hydrogens is 592 g/mol. The molecule has 4 aromatic carbocycles. The van der Waals surface area contributed by atoms with Gasteiger partial charge in [0.15, 0.2) is 5.75 Å². The number of benzene rings is 4. The molecule has 42 heavy (non-hydrogen) atoms. The molecule has 0 amide bonds. The molecule has 0 saturated heterocycles. The number of hydrogen-bond donors (Lipinski definition) is 7. The van der Waals surface area contributed by atoms with Crippen LogP contribution in [0.25, 0.3) is 0 Å². The molecule has 0 radical (unpaired) electrons. The second-order valence-electron chi connectivity index (χ2n) is 8.27. The number of carbonyl (C=O) groups is 2. The molecule has 14 nitrogen and oxygen atoms in total. The monoisotopic (exact) mass is 616 g/mol. The average molecular weight is 617 g/mol. The normalized spacial score (nSPS) is 11.0. The molecule has 220 valence electrons.